The molecule has 4 rings (SSSR count). The molecule has 3 aliphatic rings. The van der Waals surface area contributed by atoms with E-state index in [1.54, 1.807) is 12.3 Å². The highest BCUT2D eigenvalue weighted by atomic mass is 16.5. The number of nitrogens with zero attached hydrogens (tertiary/aromatic N) is 1. The van der Waals surface area contributed by atoms with Crippen LogP contribution in [-0.2, 0) is 24.5 Å². The lowest BCUT2D eigenvalue weighted by Crippen LogP contribution is -2.52. The zero-order valence-electron chi connectivity index (χ0n) is 20.1. The number of amides is 3. The minimum atomic E-state index is -0.615. The number of carbonyl (C=O) groups excluding carboxylic acids is 3. The molecule has 3 amide bonds. The molecule has 3 heterocycles. The lowest BCUT2D eigenvalue weighted by molar-refractivity contribution is -0.133. The molecule has 1 aromatic rings. The van der Waals surface area contributed by atoms with Crippen LogP contribution in [0.5, 0.6) is 0 Å². The van der Waals surface area contributed by atoms with Crippen LogP contribution in [0.2, 0.25) is 0 Å². The van der Waals surface area contributed by atoms with Crippen molar-refractivity contribution in [3.63, 3.8) is 0 Å². The van der Waals surface area contributed by atoms with Gasteiger partial charge in [0.25, 0.3) is 0 Å². The minimum absolute atomic E-state index is 0.0299. The van der Waals surface area contributed by atoms with Gasteiger partial charge in [-0.1, -0.05) is 40.5 Å². The molecular formula is C25H36N4O4. The summed E-state index contributed by atoms with van der Waals surface area (Å²) in [5, 5.41) is 8.87. The lowest BCUT2D eigenvalue weighted by Gasteiger charge is -2.34. The largest absolute Gasteiger partial charge is 0.381 e. The first-order valence-electron chi connectivity index (χ1n) is 12.1. The second-order valence-electron chi connectivity index (χ2n) is 11.0. The van der Waals surface area contributed by atoms with Gasteiger partial charge in [0, 0.05) is 36.5 Å². The molecule has 0 aromatic carbocycles. The van der Waals surface area contributed by atoms with Gasteiger partial charge < -0.3 is 20.7 Å². The van der Waals surface area contributed by atoms with Crippen molar-refractivity contribution in [2.45, 2.75) is 77.7 Å². The molecule has 2 fully saturated rings. The minimum Gasteiger partial charge on any atom is -0.381 e. The van der Waals surface area contributed by atoms with Gasteiger partial charge in [0.1, 0.15) is 11.9 Å². The summed E-state index contributed by atoms with van der Waals surface area (Å²) in [4.78, 5) is 43.3. The van der Waals surface area contributed by atoms with Crippen molar-refractivity contribution in [3.05, 3.63) is 17.8 Å². The fourth-order valence-corrected chi connectivity index (χ4v) is 5.17. The molecule has 0 bridgehead atoms. The fourth-order valence-electron chi connectivity index (χ4n) is 5.17. The predicted molar refractivity (Wildman–Crippen MR) is 126 cm³/mol. The molecule has 1 aromatic heterocycles. The lowest BCUT2D eigenvalue weighted by atomic mass is 9.76. The molecule has 33 heavy (non-hydrogen) atoms. The van der Waals surface area contributed by atoms with Crippen molar-refractivity contribution >= 4 is 29.2 Å². The quantitative estimate of drug-likeness (QED) is 0.644. The van der Waals surface area contributed by atoms with Crippen LogP contribution in [0.15, 0.2) is 12.3 Å². The van der Waals surface area contributed by atoms with Gasteiger partial charge in [-0.15, -0.1) is 0 Å². The Bertz CT molecular complexity index is 925. The second kappa shape index (κ2) is 9.05. The number of pyridine rings is 1. The molecule has 180 valence electrons. The zero-order valence-corrected chi connectivity index (χ0v) is 20.1. The molecule has 0 radical (unpaired) electrons. The summed E-state index contributed by atoms with van der Waals surface area (Å²) < 4.78 is 5.45. The van der Waals surface area contributed by atoms with E-state index in [4.69, 9.17) is 4.74 Å². The van der Waals surface area contributed by atoms with Gasteiger partial charge in [0.05, 0.1) is 11.1 Å². The first kappa shape index (κ1) is 23.7. The number of fused-ring (bicyclic) bond motifs is 2. The molecule has 1 aliphatic carbocycles. The van der Waals surface area contributed by atoms with E-state index in [1.165, 1.54) is 0 Å². The van der Waals surface area contributed by atoms with Crippen LogP contribution >= 0.6 is 0 Å². The summed E-state index contributed by atoms with van der Waals surface area (Å²) in [5.41, 5.74) is 0.376. The number of hydrogen-bond acceptors (Lipinski definition) is 5. The van der Waals surface area contributed by atoms with Crippen molar-refractivity contribution in [2.24, 2.45) is 17.3 Å². The molecule has 1 atom stereocenters. The molecule has 2 aliphatic heterocycles. The van der Waals surface area contributed by atoms with Crippen LogP contribution in [0.25, 0.3) is 0 Å². The summed E-state index contributed by atoms with van der Waals surface area (Å²) in [5.74, 6) is 0.677. The maximum Gasteiger partial charge on any atom is 0.248 e. The number of anilines is 2. The van der Waals surface area contributed by atoms with Gasteiger partial charge in [-0.05, 0) is 37.5 Å². The average Bonchev–Trinajstić information content (AvgIpc) is 3.02. The number of carbonyl (C=O) groups is 3. The van der Waals surface area contributed by atoms with Gasteiger partial charge in [0.15, 0.2) is 0 Å². The third-order valence-electron chi connectivity index (χ3n) is 7.48. The number of rotatable bonds is 4. The van der Waals surface area contributed by atoms with Crippen LogP contribution in [-0.4, -0.2) is 42.0 Å². The monoisotopic (exact) mass is 456 g/mol. The molecule has 1 saturated carbocycles. The van der Waals surface area contributed by atoms with Crippen LogP contribution in [0.1, 0.15) is 71.8 Å². The third kappa shape index (κ3) is 4.76. The summed E-state index contributed by atoms with van der Waals surface area (Å²) >= 11 is 0. The highest BCUT2D eigenvalue weighted by Gasteiger charge is 2.48. The van der Waals surface area contributed by atoms with E-state index >= 15 is 0 Å². The Morgan fingerprint density at radius 2 is 1.85 bits per heavy atom. The Kier molecular flexibility index (Phi) is 6.49. The number of ether oxygens (including phenoxy) is 1. The Morgan fingerprint density at radius 1 is 1.18 bits per heavy atom. The molecule has 1 saturated heterocycles. The summed E-state index contributed by atoms with van der Waals surface area (Å²) in [6.45, 7) is 8.85. The van der Waals surface area contributed by atoms with Crippen LogP contribution < -0.4 is 16.0 Å². The maximum atomic E-state index is 13.3. The van der Waals surface area contributed by atoms with E-state index < -0.39 is 16.9 Å². The van der Waals surface area contributed by atoms with Crippen LogP contribution in [0, 0.1) is 17.3 Å². The highest BCUT2D eigenvalue weighted by molar-refractivity contribution is 6.07. The van der Waals surface area contributed by atoms with E-state index in [2.05, 4.69) is 27.9 Å². The SMILES string of the molecule is CC(C)(C)C(=O)N[C@H](C(=O)Nc1cc2c(cn1)C1(CCOCC1)C(=O)N2)[C@H]1CC[C@H](C)CC1. The molecule has 0 unspecified atom stereocenters. The second-order valence-corrected chi connectivity index (χ2v) is 11.0. The molecule has 1 spiro atoms. The number of aromatic nitrogens is 1. The molecular weight excluding hydrogens is 420 g/mol. The Labute approximate surface area is 195 Å². The molecule has 8 nitrogen and oxygen atoms in total. The van der Waals surface area contributed by atoms with Crippen LogP contribution in [0.3, 0.4) is 0 Å². The number of nitrogens with one attached hydrogen (secondary N) is 3. The van der Waals surface area contributed by atoms with E-state index in [1.807, 2.05) is 20.8 Å². The average molecular weight is 457 g/mol. The van der Waals surface area contributed by atoms with Crippen molar-refractivity contribution in [2.75, 3.05) is 23.8 Å². The van der Waals surface area contributed by atoms with Crippen LogP contribution in [0.4, 0.5) is 11.5 Å². The van der Waals surface area contributed by atoms with Crippen molar-refractivity contribution in [1.82, 2.24) is 10.3 Å². The zero-order chi connectivity index (χ0) is 23.8. The van der Waals surface area contributed by atoms with Gasteiger partial charge in [-0.25, -0.2) is 4.98 Å². The Morgan fingerprint density at radius 3 is 2.48 bits per heavy atom. The first-order valence-corrected chi connectivity index (χ1v) is 12.1. The first-order chi connectivity index (χ1) is 15.6. The normalized spacial score (nSPS) is 25.2. The Balaban J connectivity index is 1.52. The van der Waals surface area contributed by atoms with Crippen molar-refractivity contribution in [1.29, 1.82) is 0 Å². The molecule has 8 heteroatoms. The van der Waals surface area contributed by atoms with E-state index in [0.717, 1.165) is 31.2 Å². The summed E-state index contributed by atoms with van der Waals surface area (Å²) in [7, 11) is 0. The van der Waals surface area contributed by atoms with E-state index in [9.17, 15) is 14.4 Å². The van der Waals surface area contributed by atoms with Gasteiger partial charge in [-0.2, -0.15) is 0 Å². The van der Waals surface area contributed by atoms with Gasteiger partial charge in [0.2, 0.25) is 17.7 Å². The smallest absolute Gasteiger partial charge is 0.248 e. The summed E-state index contributed by atoms with van der Waals surface area (Å²) in [6.07, 6.45) is 6.85. The predicted octanol–water partition coefficient (Wildman–Crippen LogP) is 3.38. The van der Waals surface area contributed by atoms with Crippen molar-refractivity contribution in [3.8, 4) is 0 Å². The standard InChI is InChI=1S/C25H36N4O4/c1-15-5-7-16(8-6-15)20(29-22(31)24(2,3)4)21(30)28-19-13-18-17(14-26-19)25(23(32)27-18)9-11-33-12-10-25/h13-16,20H,5-12H2,1-4H3,(H,27,32)(H,29,31)(H,26,28,30)/t15-,16-,20-/m0/s1. The number of hydrogen-bond donors (Lipinski definition) is 3. The Hall–Kier alpha value is -2.48. The molecule has 3 N–H and O–H groups in total. The maximum absolute atomic E-state index is 13.3. The highest BCUT2D eigenvalue weighted by Crippen LogP contribution is 2.44. The van der Waals surface area contributed by atoms with E-state index in [-0.39, 0.29) is 23.6 Å². The van der Waals surface area contributed by atoms with Gasteiger partial charge >= 0.3 is 0 Å². The summed E-state index contributed by atoms with van der Waals surface area (Å²) in [6, 6.07) is 1.11. The topological polar surface area (TPSA) is 109 Å². The third-order valence-corrected chi connectivity index (χ3v) is 7.48. The fraction of sp³-hybridized carbons (Fsp3) is 0.680. The van der Waals surface area contributed by atoms with Crippen molar-refractivity contribution < 1.29 is 19.1 Å². The van der Waals surface area contributed by atoms with E-state index in [0.29, 0.717) is 43.5 Å². The van der Waals surface area contributed by atoms with Gasteiger partial charge in [-0.3, -0.25) is 14.4 Å².